The minimum atomic E-state index is -0.125. The van der Waals surface area contributed by atoms with Crippen molar-refractivity contribution in [2.45, 2.75) is 44.7 Å². The number of aryl methyl sites for hydroxylation is 1. The van der Waals surface area contributed by atoms with Gasteiger partial charge in [0, 0.05) is 54.2 Å². The molecule has 1 amide bonds. The minimum absolute atomic E-state index is 0.109. The van der Waals surface area contributed by atoms with Crippen molar-refractivity contribution in [3.63, 3.8) is 0 Å². The zero-order valence-corrected chi connectivity index (χ0v) is 21.3. The predicted octanol–water partition coefficient (Wildman–Crippen LogP) is 3.72. The van der Waals surface area contributed by atoms with Crippen LogP contribution in [0.4, 0.5) is 11.5 Å². The van der Waals surface area contributed by atoms with Crippen molar-refractivity contribution in [1.29, 1.82) is 0 Å². The normalized spacial score (nSPS) is 20.4. The Morgan fingerprint density at radius 3 is 2.71 bits per heavy atom. The van der Waals surface area contributed by atoms with E-state index in [9.17, 15) is 4.79 Å². The van der Waals surface area contributed by atoms with E-state index in [0.717, 1.165) is 61.5 Å². The molecule has 34 heavy (non-hydrogen) atoms. The topological polar surface area (TPSA) is 106 Å². The number of carbonyl (C=O) groups excluding carboxylic acids is 1. The van der Waals surface area contributed by atoms with Gasteiger partial charge in [-0.2, -0.15) is 17.7 Å². The monoisotopic (exact) mass is 501 g/mol. The zero-order valence-electron chi connectivity index (χ0n) is 19.6. The van der Waals surface area contributed by atoms with Crippen LogP contribution in [-0.2, 0) is 0 Å². The third-order valence-electron chi connectivity index (χ3n) is 6.50. The molecule has 2 unspecified atom stereocenters. The van der Waals surface area contributed by atoms with Crippen LogP contribution in [0.15, 0.2) is 30.5 Å². The van der Waals surface area contributed by atoms with Crippen LogP contribution in [0.5, 0.6) is 0 Å². The molecule has 2 fully saturated rings. The number of likely N-dealkylation sites (tertiary alicyclic amines) is 1. The Kier molecular flexibility index (Phi) is 7.54. The largest absolute Gasteiger partial charge is 0.398 e. The van der Waals surface area contributed by atoms with Crippen LogP contribution in [0, 0.1) is 6.92 Å². The second-order valence-corrected chi connectivity index (χ2v) is 9.29. The molecule has 2 aliphatic rings. The lowest BCUT2D eigenvalue weighted by Gasteiger charge is -2.35. The number of piperidine rings is 1. The summed E-state index contributed by atoms with van der Waals surface area (Å²) in [6.45, 7) is 4.44. The first-order valence-electron chi connectivity index (χ1n) is 11.6. The van der Waals surface area contributed by atoms with Crippen molar-refractivity contribution in [3.05, 3.63) is 52.3 Å². The summed E-state index contributed by atoms with van der Waals surface area (Å²) >= 11 is 9.66. The summed E-state index contributed by atoms with van der Waals surface area (Å²) in [6.07, 6.45) is 7.52. The fourth-order valence-corrected chi connectivity index (χ4v) is 5.00. The van der Waals surface area contributed by atoms with Gasteiger partial charge in [-0.25, -0.2) is 9.50 Å². The number of nitrogen functional groups attached to an aromatic ring is 1. The van der Waals surface area contributed by atoms with Gasteiger partial charge in [-0.05, 0) is 57.1 Å². The van der Waals surface area contributed by atoms with Crippen LogP contribution in [-0.4, -0.2) is 57.3 Å². The van der Waals surface area contributed by atoms with Crippen LogP contribution in [0.25, 0.3) is 5.65 Å². The van der Waals surface area contributed by atoms with Gasteiger partial charge in [0.05, 0.1) is 17.3 Å². The summed E-state index contributed by atoms with van der Waals surface area (Å²) in [4.78, 5) is 22.4. The van der Waals surface area contributed by atoms with Crippen LogP contribution in [0.1, 0.15) is 53.3 Å². The number of nitrogens with zero attached hydrogens (tertiary/aromatic N) is 5. The molecule has 0 radical (unpaired) electrons. The molecule has 10 heteroatoms. The van der Waals surface area contributed by atoms with Gasteiger partial charge in [-0.3, -0.25) is 4.79 Å². The average Bonchev–Trinajstić information content (AvgIpc) is 3.46. The second-order valence-electron chi connectivity index (χ2n) is 8.86. The molecule has 182 valence electrons. The maximum atomic E-state index is 13.4. The minimum Gasteiger partial charge on any atom is -0.398 e. The van der Waals surface area contributed by atoms with E-state index in [1.807, 2.05) is 28.6 Å². The van der Waals surface area contributed by atoms with E-state index in [-0.39, 0.29) is 18.0 Å². The summed E-state index contributed by atoms with van der Waals surface area (Å²) in [5.41, 5.74) is 15.8. The number of halogens is 1. The summed E-state index contributed by atoms with van der Waals surface area (Å²) in [6, 6.07) is 7.08. The highest BCUT2D eigenvalue weighted by atomic mass is 35.5. The molecule has 3 aromatic rings. The highest BCUT2D eigenvalue weighted by Gasteiger charge is 2.32. The van der Waals surface area contributed by atoms with Gasteiger partial charge in [-0.15, -0.1) is 0 Å². The lowest BCUT2D eigenvalue weighted by Crippen LogP contribution is -2.39. The molecule has 0 saturated carbocycles. The van der Waals surface area contributed by atoms with Crippen molar-refractivity contribution in [2.75, 3.05) is 36.5 Å². The zero-order chi connectivity index (χ0) is 24.4. The molecule has 0 bridgehead atoms. The summed E-state index contributed by atoms with van der Waals surface area (Å²) in [5, 5.41) is 5.30. The molecule has 5 rings (SSSR count). The Morgan fingerprint density at radius 1 is 1.18 bits per heavy atom. The Bertz CT molecular complexity index is 1180. The lowest BCUT2D eigenvalue weighted by molar-refractivity contribution is 0.0607. The molecule has 2 aromatic heterocycles. The fourth-order valence-electron chi connectivity index (χ4n) is 4.83. The first-order valence-corrected chi connectivity index (χ1v) is 12.9. The third-order valence-corrected chi connectivity index (χ3v) is 6.73. The first-order chi connectivity index (χ1) is 16.4. The SMILES string of the molecule is CS.Cc1cn2nc(C3CCCCN3C(=O)c3cc(Cl)ccc3N)cc2nc1N1CCC(N)C1. The molecule has 4 N–H and O–H groups in total. The van der Waals surface area contributed by atoms with E-state index in [1.54, 1.807) is 24.5 Å². The van der Waals surface area contributed by atoms with Gasteiger partial charge >= 0.3 is 0 Å². The number of carbonyl (C=O) groups is 1. The Hall–Kier alpha value is -2.49. The molecular weight excluding hydrogens is 470 g/mol. The number of anilines is 2. The van der Waals surface area contributed by atoms with E-state index in [2.05, 4.69) is 17.5 Å². The Labute approximate surface area is 210 Å². The number of rotatable bonds is 3. The number of amides is 1. The van der Waals surface area contributed by atoms with Gasteiger partial charge in [0.25, 0.3) is 5.91 Å². The van der Waals surface area contributed by atoms with Crippen LogP contribution in [0.3, 0.4) is 0 Å². The lowest BCUT2D eigenvalue weighted by atomic mass is 9.98. The molecule has 0 aliphatic carbocycles. The number of fused-ring (bicyclic) bond motifs is 1. The molecule has 4 heterocycles. The standard InChI is InChI=1S/C23H28ClN7O.CH4S/c1-14-12-31-21(27-22(14)29-9-7-16(25)13-29)11-19(28-31)20-4-2-3-8-30(20)23(32)17-10-15(24)5-6-18(17)26;1-2/h5-6,10-12,16,20H,2-4,7-9,13,25-26H2,1H3;2H,1H3. The van der Waals surface area contributed by atoms with E-state index in [0.29, 0.717) is 22.8 Å². The number of hydrogen-bond donors (Lipinski definition) is 3. The van der Waals surface area contributed by atoms with E-state index in [1.165, 1.54) is 0 Å². The van der Waals surface area contributed by atoms with Crippen LogP contribution >= 0.6 is 24.2 Å². The summed E-state index contributed by atoms with van der Waals surface area (Å²) < 4.78 is 1.81. The predicted molar refractivity (Wildman–Crippen MR) is 141 cm³/mol. The van der Waals surface area contributed by atoms with Gasteiger partial charge in [0.15, 0.2) is 5.65 Å². The van der Waals surface area contributed by atoms with Crippen molar-refractivity contribution < 1.29 is 4.79 Å². The number of aromatic nitrogens is 3. The molecular formula is C24H32ClN7OS. The summed E-state index contributed by atoms with van der Waals surface area (Å²) in [7, 11) is 0. The summed E-state index contributed by atoms with van der Waals surface area (Å²) in [5.74, 6) is 0.850. The quantitative estimate of drug-likeness (QED) is 0.373. The van der Waals surface area contributed by atoms with Crippen molar-refractivity contribution in [1.82, 2.24) is 19.5 Å². The van der Waals surface area contributed by atoms with Crippen molar-refractivity contribution in [3.8, 4) is 0 Å². The number of benzene rings is 1. The Morgan fingerprint density at radius 2 is 1.97 bits per heavy atom. The number of nitrogens with two attached hydrogens (primary N) is 2. The maximum absolute atomic E-state index is 13.4. The highest BCUT2D eigenvalue weighted by molar-refractivity contribution is 7.79. The second kappa shape index (κ2) is 10.4. The van der Waals surface area contributed by atoms with Crippen LogP contribution in [0.2, 0.25) is 5.02 Å². The van der Waals surface area contributed by atoms with Crippen LogP contribution < -0.4 is 16.4 Å². The first kappa shape index (κ1) is 24.6. The van der Waals surface area contributed by atoms with Gasteiger partial charge in [0.2, 0.25) is 0 Å². The molecule has 2 aliphatic heterocycles. The number of hydrogen-bond acceptors (Lipinski definition) is 7. The molecule has 2 saturated heterocycles. The van der Waals surface area contributed by atoms with E-state index >= 15 is 0 Å². The maximum Gasteiger partial charge on any atom is 0.256 e. The van der Waals surface area contributed by atoms with Gasteiger partial charge in [0.1, 0.15) is 5.82 Å². The van der Waals surface area contributed by atoms with Crippen molar-refractivity contribution >= 4 is 47.3 Å². The Balaban J connectivity index is 0.00000133. The smallest absolute Gasteiger partial charge is 0.256 e. The van der Waals surface area contributed by atoms with E-state index < -0.39 is 0 Å². The fraction of sp³-hybridized carbons (Fsp3) is 0.458. The molecule has 8 nitrogen and oxygen atoms in total. The van der Waals surface area contributed by atoms with E-state index in [4.69, 9.17) is 33.2 Å². The average molecular weight is 502 g/mol. The molecule has 1 aromatic carbocycles. The number of thiol groups is 1. The van der Waals surface area contributed by atoms with Gasteiger partial charge in [-0.1, -0.05) is 11.6 Å². The molecule has 0 spiro atoms. The highest BCUT2D eigenvalue weighted by Crippen LogP contribution is 2.34. The van der Waals surface area contributed by atoms with Gasteiger partial charge < -0.3 is 21.3 Å². The van der Waals surface area contributed by atoms with Crippen molar-refractivity contribution in [2.24, 2.45) is 5.73 Å². The molecule has 2 atom stereocenters. The third kappa shape index (κ3) is 4.82.